The molecule has 0 bridgehead atoms. The molecular formula is C11H8BrClF2N2. The molecule has 0 amide bonds. The summed E-state index contributed by atoms with van der Waals surface area (Å²) >= 11 is 8.62. The fourth-order valence-corrected chi connectivity index (χ4v) is 1.97. The Morgan fingerprint density at radius 2 is 2.12 bits per heavy atom. The summed E-state index contributed by atoms with van der Waals surface area (Å²) in [7, 11) is 0. The lowest BCUT2D eigenvalue weighted by molar-refractivity contribution is 0.540. The number of alkyl halides is 1. The van der Waals surface area contributed by atoms with Crippen molar-refractivity contribution in [2.24, 2.45) is 0 Å². The molecule has 6 heteroatoms. The lowest BCUT2D eigenvalue weighted by Gasteiger charge is -2.07. The normalized spacial score (nSPS) is 10.8. The molecule has 0 aliphatic rings. The number of benzene rings is 1. The van der Waals surface area contributed by atoms with Gasteiger partial charge in [-0.05, 0) is 28.1 Å². The highest BCUT2D eigenvalue weighted by molar-refractivity contribution is 9.10. The first kappa shape index (κ1) is 12.5. The quantitative estimate of drug-likeness (QED) is 0.622. The number of nitrogens with zero attached hydrogens (tertiary/aromatic N) is 2. The van der Waals surface area contributed by atoms with Crippen molar-refractivity contribution in [2.75, 3.05) is 0 Å². The van der Waals surface area contributed by atoms with E-state index in [0.717, 1.165) is 0 Å². The maximum absolute atomic E-state index is 13.7. The van der Waals surface area contributed by atoms with Gasteiger partial charge in [0.15, 0.2) is 0 Å². The fourth-order valence-electron chi connectivity index (χ4n) is 1.46. The van der Waals surface area contributed by atoms with E-state index in [9.17, 15) is 8.78 Å². The summed E-state index contributed by atoms with van der Waals surface area (Å²) in [6, 6.07) is 2.56. The molecule has 1 aromatic heterocycles. The van der Waals surface area contributed by atoms with Gasteiger partial charge in [-0.25, -0.2) is 13.8 Å². The molecule has 0 aliphatic heterocycles. The Morgan fingerprint density at radius 3 is 2.76 bits per heavy atom. The molecule has 17 heavy (non-hydrogen) atoms. The zero-order valence-corrected chi connectivity index (χ0v) is 11.0. The average molecular weight is 322 g/mol. The van der Waals surface area contributed by atoms with Crippen LogP contribution in [0.2, 0.25) is 0 Å². The molecule has 0 saturated heterocycles. The maximum Gasteiger partial charge on any atom is 0.145 e. The van der Waals surface area contributed by atoms with Crippen LogP contribution in [0.1, 0.15) is 11.3 Å². The topological polar surface area (TPSA) is 17.8 Å². The van der Waals surface area contributed by atoms with Crippen LogP contribution in [0.5, 0.6) is 0 Å². The minimum Gasteiger partial charge on any atom is -0.333 e. The van der Waals surface area contributed by atoms with Crippen LogP contribution in [0.4, 0.5) is 8.78 Å². The van der Waals surface area contributed by atoms with Crippen molar-refractivity contribution in [1.82, 2.24) is 9.55 Å². The van der Waals surface area contributed by atoms with Crippen molar-refractivity contribution in [3.8, 4) is 0 Å². The molecule has 0 saturated carbocycles. The van der Waals surface area contributed by atoms with Crippen molar-refractivity contribution < 1.29 is 8.78 Å². The largest absolute Gasteiger partial charge is 0.333 e. The third-order valence-electron chi connectivity index (χ3n) is 2.30. The summed E-state index contributed by atoms with van der Waals surface area (Å²) in [4.78, 5) is 3.99. The van der Waals surface area contributed by atoms with Crippen LogP contribution < -0.4 is 0 Å². The highest BCUT2D eigenvalue weighted by atomic mass is 79.9. The standard InChI is InChI=1S/C11H8BrClF2N2/c12-9-1-2-10(14)8(11(9)15)5-17-4-7(3-13)16-6-17/h1-2,4,6H,3,5H2. The van der Waals surface area contributed by atoms with Gasteiger partial charge in [-0.1, -0.05) is 0 Å². The van der Waals surface area contributed by atoms with Gasteiger partial charge >= 0.3 is 0 Å². The van der Waals surface area contributed by atoms with Gasteiger partial charge < -0.3 is 4.57 Å². The Bertz CT molecular complexity index is 542. The summed E-state index contributed by atoms with van der Waals surface area (Å²) in [5.41, 5.74) is 0.667. The van der Waals surface area contributed by atoms with E-state index >= 15 is 0 Å². The minimum atomic E-state index is -0.592. The van der Waals surface area contributed by atoms with Crippen molar-refractivity contribution >= 4 is 27.5 Å². The number of hydrogen-bond acceptors (Lipinski definition) is 1. The second kappa shape index (κ2) is 5.14. The first-order valence-electron chi connectivity index (χ1n) is 4.81. The summed E-state index contributed by atoms with van der Waals surface area (Å²) in [5, 5.41) is 0. The highest BCUT2D eigenvalue weighted by Crippen LogP contribution is 2.22. The number of aromatic nitrogens is 2. The third kappa shape index (κ3) is 2.66. The Morgan fingerprint density at radius 1 is 1.35 bits per heavy atom. The van der Waals surface area contributed by atoms with E-state index < -0.39 is 11.6 Å². The summed E-state index contributed by atoms with van der Waals surface area (Å²) in [6.45, 7) is 0.0843. The Hall–Kier alpha value is -0.940. The molecule has 0 N–H and O–H groups in total. The predicted molar refractivity (Wildman–Crippen MR) is 64.9 cm³/mol. The zero-order chi connectivity index (χ0) is 12.4. The predicted octanol–water partition coefficient (Wildman–Crippen LogP) is 3.71. The first-order valence-corrected chi connectivity index (χ1v) is 6.13. The van der Waals surface area contributed by atoms with Gasteiger partial charge in [0.25, 0.3) is 0 Å². The van der Waals surface area contributed by atoms with Crippen LogP contribution in [0.15, 0.2) is 29.1 Å². The molecule has 0 unspecified atom stereocenters. The third-order valence-corrected chi connectivity index (χ3v) is 3.19. The summed E-state index contributed by atoms with van der Waals surface area (Å²) < 4.78 is 29.0. The van der Waals surface area contributed by atoms with E-state index in [1.807, 2.05) is 0 Å². The van der Waals surface area contributed by atoms with Crippen LogP contribution >= 0.6 is 27.5 Å². The molecule has 0 spiro atoms. The molecule has 1 heterocycles. The van der Waals surface area contributed by atoms with Crippen LogP contribution in [-0.4, -0.2) is 9.55 Å². The van der Waals surface area contributed by atoms with E-state index in [1.54, 1.807) is 10.8 Å². The zero-order valence-electron chi connectivity index (χ0n) is 8.63. The number of hydrogen-bond donors (Lipinski definition) is 0. The molecule has 2 nitrogen and oxygen atoms in total. The van der Waals surface area contributed by atoms with E-state index in [4.69, 9.17) is 11.6 Å². The Balaban J connectivity index is 2.32. The van der Waals surface area contributed by atoms with Crippen LogP contribution in [0, 0.1) is 11.6 Å². The van der Waals surface area contributed by atoms with Gasteiger partial charge in [0, 0.05) is 11.8 Å². The summed E-state index contributed by atoms with van der Waals surface area (Å²) in [5.74, 6) is -0.894. The van der Waals surface area contributed by atoms with E-state index in [0.29, 0.717) is 5.69 Å². The molecule has 0 fully saturated rings. The van der Waals surface area contributed by atoms with E-state index in [-0.39, 0.29) is 22.5 Å². The van der Waals surface area contributed by atoms with Gasteiger partial charge in [-0.15, -0.1) is 11.6 Å². The van der Waals surface area contributed by atoms with Crippen molar-refractivity contribution in [3.05, 3.63) is 52.0 Å². The number of rotatable bonds is 3. The van der Waals surface area contributed by atoms with Crippen LogP contribution in [0.25, 0.3) is 0 Å². The Kier molecular flexibility index (Phi) is 3.79. The monoisotopic (exact) mass is 320 g/mol. The van der Waals surface area contributed by atoms with Crippen LogP contribution in [0.3, 0.4) is 0 Å². The maximum atomic E-state index is 13.7. The second-order valence-electron chi connectivity index (χ2n) is 3.49. The average Bonchev–Trinajstić information content (AvgIpc) is 2.77. The van der Waals surface area contributed by atoms with Gasteiger partial charge in [0.2, 0.25) is 0 Å². The number of imidazole rings is 1. The minimum absolute atomic E-state index is 0.00195. The molecule has 2 aromatic rings. The number of halogens is 4. The van der Waals surface area contributed by atoms with Gasteiger partial charge in [0.1, 0.15) is 11.6 Å². The van der Waals surface area contributed by atoms with Gasteiger partial charge in [0.05, 0.1) is 28.9 Å². The molecular weight excluding hydrogens is 313 g/mol. The van der Waals surface area contributed by atoms with Crippen molar-refractivity contribution in [1.29, 1.82) is 0 Å². The first-order chi connectivity index (χ1) is 8.11. The second-order valence-corrected chi connectivity index (χ2v) is 4.61. The van der Waals surface area contributed by atoms with Crippen LogP contribution in [-0.2, 0) is 12.4 Å². The molecule has 1 aromatic carbocycles. The molecule has 2 rings (SSSR count). The lowest BCUT2D eigenvalue weighted by atomic mass is 10.2. The van der Waals surface area contributed by atoms with Crippen molar-refractivity contribution in [2.45, 2.75) is 12.4 Å². The highest BCUT2D eigenvalue weighted by Gasteiger charge is 2.12. The molecule has 90 valence electrons. The molecule has 0 radical (unpaired) electrons. The van der Waals surface area contributed by atoms with E-state index in [2.05, 4.69) is 20.9 Å². The fraction of sp³-hybridized carbons (Fsp3) is 0.182. The molecule has 0 aliphatic carbocycles. The summed E-state index contributed by atoms with van der Waals surface area (Å²) in [6.07, 6.45) is 3.16. The van der Waals surface area contributed by atoms with Gasteiger partial charge in [-0.3, -0.25) is 0 Å². The van der Waals surface area contributed by atoms with Gasteiger partial charge in [-0.2, -0.15) is 0 Å². The smallest absolute Gasteiger partial charge is 0.145 e. The SMILES string of the molecule is Fc1ccc(Br)c(F)c1Cn1cnc(CCl)c1. The van der Waals surface area contributed by atoms with E-state index in [1.165, 1.54) is 18.5 Å². The Labute approximate surface area is 110 Å². The molecule has 0 atom stereocenters. The lowest BCUT2D eigenvalue weighted by Crippen LogP contribution is -2.03. The van der Waals surface area contributed by atoms with Crippen molar-refractivity contribution in [3.63, 3.8) is 0 Å².